The van der Waals surface area contributed by atoms with Crippen LogP contribution < -0.4 is 15.4 Å². The van der Waals surface area contributed by atoms with E-state index in [0.29, 0.717) is 12.2 Å². The predicted molar refractivity (Wildman–Crippen MR) is 106 cm³/mol. The highest BCUT2D eigenvalue weighted by molar-refractivity contribution is 7.90. The van der Waals surface area contributed by atoms with Crippen molar-refractivity contribution in [3.8, 4) is 0 Å². The minimum Gasteiger partial charge on any atom is -0.314 e. The van der Waals surface area contributed by atoms with Crippen molar-refractivity contribution in [2.75, 3.05) is 12.4 Å². The van der Waals surface area contributed by atoms with Gasteiger partial charge in [0.15, 0.2) is 5.03 Å². The van der Waals surface area contributed by atoms with Gasteiger partial charge in [-0.25, -0.2) is 9.52 Å². The molecule has 0 unspecified atom stereocenters. The molecule has 4 rings (SSSR count). The van der Waals surface area contributed by atoms with E-state index in [1.165, 1.54) is 21.9 Å². The van der Waals surface area contributed by atoms with E-state index in [0.717, 1.165) is 55.3 Å². The summed E-state index contributed by atoms with van der Waals surface area (Å²) in [5.74, 6) is 0. The molecular weight excluding hydrogens is 378 g/mol. The minimum atomic E-state index is -4.05. The summed E-state index contributed by atoms with van der Waals surface area (Å²) >= 11 is 0. The summed E-state index contributed by atoms with van der Waals surface area (Å²) in [4.78, 5) is 12.6. The van der Waals surface area contributed by atoms with Gasteiger partial charge in [0, 0.05) is 25.3 Å². The van der Waals surface area contributed by atoms with E-state index >= 15 is 0 Å². The summed E-state index contributed by atoms with van der Waals surface area (Å²) in [5.41, 5.74) is 6.39. The van der Waals surface area contributed by atoms with E-state index in [2.05, 4.69) is 26.5 Å². The maximum Gasteiger partial charge on any atom is 0.333 e. The number of sulfonamides is 1. The Balaban J connectivity index is 1.56. The number of aryl methyl sites for hydroxylation is 3. The fraction of sp³-hybridized carbons (Fsp3) is 0.474. The smallest absolute Gasteiger partial charge is 0.314 e. The lowest BCUT2D eigenvalue weighted by Crippen LogP contribution is -2.35. The first-order chi connectivity index (χ1) is 13.4. The molecule has 0 bridgehead atoms. The topological polar surface area (TPSA) is 105 Å². The third kappa shape index (κ3) is 3.40. The largest absolute Gasteiger partial charge is 0.333 e. The number of hydrogen-bond donors (Lipinski definition) is 3. The SMILES string of the molecule is CNCc1cc(S(=O)(=O)NC(=O)Nc2c3c(cc4c2CCC4)CCC3)nn1C. The van der Waals surface area contributed by atoms with Crippen LogP contribution in [0.2, 0.25) is 0 Å². The predicted octanol–water partition coefficient (Wildman–Crippen LogP) is 1.63. The highest BCUT2D eigenvalue weighted by atomic mass is 32.2. The van der Waals surface area contributed by atoms with Gasteiger partial charge in [0.1, 0.15) is 0 Å². The van der Waals surface area contributed by atoms with Crippen molar-refractivity contribution in [1.82, 2.24) is 19.8 Å². The Bertz CT molecular complexity index is 1010. The number of benzene rings is 1. The number of anilines is 1. The van der Waals surface area contributed by atoms with Crippen LogP contribution in [0, 0.1) is 0 Å². The van der Waals surface area contributed by atoms with Crippen LogP contribution in [0.5, 0.6) is 0 Å². The standard InChI is InChI=1S/C19H25N5O3S/c1-20-11-14-10-17(22-24(14)2)28(26,27)23-19(25)21-18-15-7-3-5-12(15)9-13-6-4-8-16(13)18/h9-10,20H,3-8,11H2,1-2H3,(H2,21,23,25). The number of hydrogen-bond acceptors (Lipinski definition) is 5. The fourth-order valence-electron chi connectivity index (χ4n) is 4.24. The maximum atomic E-state index is 12.6. The first-order valence-corrected chi connectivity index (χ1v) is 11.0. The Morgan fingerprint density at radius 1 is 1.11 bits per heavy atom. The molecule has 1 aromatic heterocycles. The number of urea groups is 1. The number of aromatic nitrogens is 2. The van der Waals surface area contributed by atoms with Crippen LogP contribution in [-0.4, -0.2) is 31.3 Å². The first-order valence-electron chi connectivity index (χ1n) is 9.57. The quantitative estimate of drug-likeness (QED) is 0.704. The highest BCUT2D eigenvalue weighted by Gasteiger charge is 2.27. The summed E-state index contributed by atoms with van der Waals surface area (Å²) in [6.45, 7) is 0.480. The second kappa shape index (κ2) is 7.21. The van der Waals surface area contributed by atoms with Crippen molar-refractivity contribution in [2.45, 2.75) is 50.1 Å². The lowest BCUT2D eigenvalue weighted by atomic mass is 9.99. The molecule has 2 aliphatic carbocycles. The molecule has 28 heavy (non-hydrogen) atoms. The van der Waals surface area contributed by atoms with Gasteiger partial charge in [-0.1, -0.05) is 6.07 Å². The average Bonchev–Trinajstić information content (AvgIpc) is 3.35. The van der Waals surface area contributed by atoms with E-state index in [1.54, 1.807) is 14.1 Å². The average molecular weight is 404 g/mol. The monoisotopic (exact) mass is 403 g/mol. The van der Waals surface area contributed by atoms with Crippen molar-refractivity contribution in [2.24, 2.45) is 7.05 Å². The molecule has 0 fully saturated rings. The molecular formula is C19H25N5O3S. The molecule has 1 heterocycles. The van der Waals surface area contributed by atoms with Crippen LogP contribution >= 0.6 is 0 Å². The zero-order valence-electron chi connectivity index (χ0n) is 16.1. The van der Waals surface area contributed by atoms with Gasteiger partial charge in [-0.2, -0.15) is 13.5 Å². The summed E-state index contributed by atoms with van der Waals surface area (Å²) < 4.78 is 28.8. The third-order valence-electron chi connectivity index (χ3n) is 5.53. The molecule has 1 aromatic carbocycles. The Kier molecular flexibility index (Phi) is 4.88. The van der Waals surface area contributed by atoms with Crippen molar-refractivity contribution < 1.29 is 13.2 Å². The summed E-state index contributed by atoms with van der Waals surface area (Å²) in [5, 5.41) is 9.65. The number of nitrogens with zero attached hydrogens (tertiary/aromatic N) is 2. The molecule has 8 nitrogen and oxygen atoms in total. The summed E-state index contributed by atoms with van der Waals surface area (Å²) in [6.07, 6.45) is 5.99. The Morgan fingerprint density at radius 2 is 1.75 bits per heavy atom. The summed E-state index contributed by atoms with van der Waals surface area (Å²) in [6, 6.07) is 2.99. The Morgan fingerprint density at radius 3 is 2.36 bits per heavy atom. The molecule has 9 heteroatoms. The normalized spacial score (nSPS) is 15.4. The number of amides is 2. The number of carbonyl (C=O) groups is 1. The van der Waals surface area contributed by atoms with E-state index in [9.17, 15) is 13.2 Å². The molecule has 2 aliphatic rings. The Labute approximate surface area is 164 Å². The van der Waals surface area contributed by atoms with E-state index in [-0.39, 0.29) is 5.03 Å². The number of carbonyl (C=O) groups excluding carboxylic acids is 1. The molecule has 0 saturated carbocycles. The van der Waals surface area contributed by atoms with Crippen LogP contribution in [-0.2, 0) is 49.3 Å². The van der Waals surface area contributed by atoms with Crippen molar-refractivity contribution in [3.63, 3.8) is 0 Å². The van der Waals surface area contributed by atoms with E-state index in [4.69, 9.17) is 0 Å². The molecule has 0 saturated heterocycles. The zero-order valence-corrected chi connectivity index (χ0v) is 16.9. The Hall–Kier alpha value is -2.39. The molecule has 0 aliphatic heterocycles. The van der Waals surface area contributed by atoms with Gasteiger partial charge in [-0.05, 0) is 67.8 Å². The fourth-order valence-corrected chi connectivity index (χ4v) is 5.16. The van der Waals surface area contributed by atoms with E-state index < -0.39 is 16.1 Å². The van der Waals surface area contributed by atoms with E-state index in [1.807, 2.05) is 0 Å². The van der Waals surface area contributed by atoms with Crippen LogP contribution in [0.3, 0.4) is 0 Å². The van der Waals surface area contributed by atoms with Crippen LogP contribution in [0.15, 0.2) is 17.2 Å². The van der Waals surface area contributed by atoms with Crippen LogP contribution in [0.1, 0.15) is 40.8 Å². The highest BCUT2D eigenvalue weighted by Crippen LogP contribution is 2.38. The minimum absolute atomic E-state index is 0.168. The zero-order chi connectivity index (χ0) is 19.9. The number of rotatable bonds is 5. The van der Waals surface area contributed by atoms with Gasteiger partial charge in [0.25, 0.3) is 10.0 Å². The van der Waals surface area contributed by atoms with Gasteiger partial charge >= 0.3 is 6.03 Å². The molecule has 3 N–H and O–H groups in total. The molecule has 0 radical (unpaired) electrons. The maximum absolute atomic E-state index is 12.6. The second-order valence-corrected chi connectivity index (χ2v) is 9.05. The van der Waals surface area contributed by atoms with Crippen molar-refractivity contribution in [3.05, 3.63) is 40.1 Å². The second-order valence-electron chi connectivity index (χ2n) is 7.42. The lowest BCUT2D eigenvalue weighted by molar-refractivity contribution is 0.256. The lowest BCUT2D eigenvalue weighted by Gasteiger charge is -2.16. The van der Waals surface area contributed by atoms with Crippen molar-refractivity contribution >= 4 is 21.7 Å². The van der Waals surface area contributed by atoms with Gasteiger partial charge in [0.05, 0.1) is 5.69 Å². The van der Waals surface area contributed by atoms with Crippen molar-refractivity contribution in [1.29, 1.82) is 0 Å². The summed E-state index contributed by atoms with van der Waals surface area (Å²) in [7, 11) is -0.613. The molecule has 150 valence electrons. The van der Waals surface area contributed by atoms with Crippen LogP contribution in [0.25, 0.3) is 0 Å². The first kappa shape index (κ1) is 18.9. The van der Waals surface area contributed by atoms with Gasteiger partial charge < -0.3 is 10.6 Å². The number of fused-ring (bicyclic) bond motifs is 2. The molecule has 0 spiro atoms. The third-order valence-corrected chi connectivity index (χ3v) is 6.73. The molecule has 0 atom stereocenters. The van der Waals surface area contributed by atoms with Crippen LogP contribution in [0.4, 0.5) is 10.5 Å². The number of nitrogens with one attached hydrogen (secondary N) is 3. The molecule has 2 amide bonds. The van der Waals surface area contributed by atoms with Gasteiger partial charge in [-0.15, -0.1) is 0 Å². The van der Waals surface area contributed by atoms with Gasteiger partial charge in [-0.3, -0.25) is 4.68 Å². The van der Waals surface area contributed by atoms with Gasteiger partial charge in [0.2, 0.25) is 0 Å². The molecule has 2 aromatic rings.